The number of nitrogens with one attached hydrogen (secondary N) is 1. The molecule has 0 unspecified atom stereocenters. The molecule has 1 heterocycles. The second kappa shape index (κ2) is 7.72. The summed E-state index contributed by atoms with van der Waals surface area (Å²) < 4.78 is 6.96. The molecule has 1 aliphatic rings. The van der Waals surface area contributed by atoms with Gasteiger partial charge < -0.3 is 15.8 Å². The van der Waals surface area contributed by atoms with Crippen LogP contribution in [0.15, 0.2) is 30.6 Å². The van der Waals surface area contributed by atoms with E-state index in [1.165, 1.54) is 0 Å². The molecule has 6 nitrogen and oxygen atoms in total. The monoisotopic (exact) mass is 371 g/mol. The summed E-state index contributed by atoms with van der Waals surface area (Å²) in [5, 5.41) is 4.76. The van der Waals surface area contributed by atoms with Gasteiger partial charge in [0, 0.05) is 36.3 Å². The van der Waals surface area contributed by atoms with Gasteiger partial charge in [0.2, 0.25) is 5.91 Å². The molecule has 2 aromatic rings. The van der Waals surface area contributed by atoms with Gasteiger partial charge >= 0.3 is 6.09 Å². The standard InChI is InChI=1S/C21H29N3O3/c1-21(2,3)27-20(26)23-11-14-4-5-16-12-24(13-17(16)10-14)19(25)15-6-8-18(22)9-7-15/h4-5,10,12-13,15,18H,6-9,11,22H2,1-3H3,(H,23,26). The fourth-order valence-electron chi connectivity index (χ4n) is 3.49. The molecule has 0 spiro atoms. The normalized spacial score (nSPS) is 20.4. The van der Waals surface area contributed by atoms with Gasteiger partial charge in [-0.05, 0) is 63.5 Å². The zero-order valence-electron chi connectivity index (χ0n) is 16.3. The van der Waals surface area contributed by atoms with Gasteiger partial charge in [-0.15, -0.1) is 0 Å². The maximum absolute atomic E-state index is 12.8. The van der Waals surface area contributed by atoms with Crippen molar-refractivity contribution in [1.29, 1.82) is 0 Å². The summed E-state index contributed by atoms with van der Waals surface area (Å²) in [6.07, 6.45) is 6.88. The predicted molar refractivity (Wildman–Crippen MR) is 106 cm³/mol. The van der Waals surface area contributed by atoms with Crippen molar-refractivity contribution >= 4 is 22.8 Å². The topological polar surface area (TPSA) is 86.3 Å². The van der Waals surface area contributed by atoms with Crippen LogP contribution in [0.3, 0.4) is 0 Å². The van der Waals surface area contributed by atoms with Crippen LogP contribution in [0.2, 0.25) is 0 Å². The molecule has 1 amide bonds. The fraction of sp³-hybridized carbons (Fsp3) is 0.524. The van der Waals surface area contributed by atoms with Crippen molar-refractivity contribution in [3.63, 3.8) is 0 Å². The number of fused-ring (bicyclic) bond motifs is 1. The number of amides is 1. The third-order valence-corrected chi connectivity index (χ3v) is 4.92. The molecule has 0 aliphatic heterocycles. The Kier molecular flexibility index (Phi) is 5.56. The highest BCUT2D eigenvalue weighted by atomic mass is 16.6. The number of alkyl carbamates (subject to hydrolysis) is 1. The number of benzene rings is 1. The molecule has 1 fully saturated rings. The molecule has 0 bridgehead atoms. The first kappa shape index (κ1) is 19.4. The smallest absolute Gasteiger partial charge is 0.407 e. The number of aromatic nitrogens is 1. The molecule has 0 radical (unpaired) electrons. The highest BCUT2D eigenvalue weighted by molar-refractivity contribution is 5.90. The zero-order valence-corrected chi connectivity index (χ0v) is 16.3. The molecule has 27 heavy (non-hydrogen) atoms. The van der Waals surface area contributed by atoms with Crippen LogP contribution in [-0.4, -0.2) is 28.2 Å². The maximum atomic E-state index is 12.8. The van der Waals surface area contributed by atoms with Gasteiger partial charge in [-0.25, -0.2) is 4.79 Å². The lowest BCUT2D eigenvalue weighted by molar-refractivity contribution is 0.0523. The van der Waals surface area contributed by atoms with E-state index in [0.717, 1.165) is 42.0 Å². The average Bonchev–Trinajstić information content (AvgIpc) is 3.02. The summed E-state index contributed by atoms with van der Waals surface area (Å²) in [6, 6.07) is 6.15. The Bertz CT molecular complexity index is 827. The van der Waals surface area contributed by atoms with Gasteiger partial charge in [-0.2, -0.15) is 0 Å². The summed E-state index contributed by atoms with van der Waals surface area (Å²) >= 11 is 0. The first-order valence-corrected chi connectivity index (χ1v) is 9.58. The van der Waals surface area contributed by atoms with E-state index in [2.05, 4.69) is 5.32 Å². The predicted octanol–water partition coefficient (Wildman–Crippen LogP) is 3.82. The number of hydrogen-bond acceptors (Lipinski definition) is 4. The minimum absolute atomic E-state index is 0.0555. The lowest BCUT2D eigenvalue weighted by atomic mass is 9.86. The Labute approximate surface area is 160 Å². The molecule has 0 atom stereocenters. The molecular weight excluding hydrogens is 342 g/mol. The third kappa shape index (κ3) is 5.10. The Hall–Kier alpha value is -2.34. The highest BCUT2D eigenvalue weighted by Gasteiger charge is 2.25. The molecule has 3 N–H and O–H groups in total. The van der Waals surface area contributed by atoms with Crippen LogP contribution in [0.5, 0.6) is 0 Å². The van der Waals surface area contributed by atoms with Crippen LogP contribution in [0.1, 0.15) is 56.8 Å². The van der Waals surface area contributed by atoms with E-state index in [1.807, 2.05) is 51.4 Å². The number of ether oxygens (including phenoxy) is 1. The van der Waals surface area contributed by atoms with Crippen LogP contribution >= 0.6 is 0 Å². The largest absolute Gasteiger partial charge is 0.444 e. The van der Waals surface area contributed by atoms with Crippen molar-refractivity contribution < 1.29 is 14.3 Å². The van der Waals surface area contributed by atoms with Crippen LogP contribution < -0.4 is 11.1 Å². The van der Waals surface area contributed by atoms with E-state index in [4.69, 9.17) is 10.5 Å². The fourth-order valence-corrected chi connectivity index (χ4v) is 3.49. The Morgan fingerprint density at radius 3 is 2.48 bits per heavy atom. The summed E-state index contributed by atoms with van der Waals surface area (Å²) in [5.74, 6) is 0.200. The molecule has 1 saturated carbocycles. The lowest BCUT2D eigenvalue weighted by Crippen LogP contribution is -2.32. The summed E-state index contributed by atoms with van der Waals surface area (Å²) in [4.78, 5) is 24.6. The summed E-state index contributed by atoms with van der Waals surface area (Å²) in [5.41, 5.74) is 6.38. The van der Waals surface area contributed by atoms with E-state index in [9.17, 15) is 9.59 Å². The van der Waals surface area contributed by atoms with Crippen molar-refractivity contribution in [3.8, 4) is 0 Å². The maximum Gasteiger partial charge on any atom is 0.407 e. The number of rotatable bonds is 3. The molecule has 1 aliphatic carbocycles. The van der Waals surface area contributed by atoms with Gasteiger partial charge in [-0.1, -0.05) is 12.1 Å². The number of hydrogen-bond donors (Lipinski definition) is 2. The van der Waals surface area contributed by atoms with Crippen molar-refractivity contribution in [3.05, 3.63) is 36.2 Å². The summed E-state index contributed by atoms with van der Waals surface area (Å²) in [6.45, 7) is 5.87. The molecular formula is C21H29N3O3. The number of nitrogens with zero attached hydrogens (tertiary/aromatic N) is 1. The minimum Gasteiger partial charge on any atom is -0.444 e. The molecule has 1 aromatic carbocycles. The molecule has 1 aromatic heterocycles. The van der Waals surface area contributed by atoms with Gasteiger partial charge in [0.25, 0.3) is 0 Å². The number of carbonyl (C=O) groups is 2. The molecule has 0 saturated heterocycles. The first-order chi connectivity index (χ1) is 12.7. The van der Waals surface area contributed by atoms with Gasteiger partial charge in [0.1, 0.15) is 5.60 Å². The second-order valence-corrected chi connectivity index (χ2v) is 8.43. The van der Waals surface area contributed by atoms with Crippen molar-refractivity contribution in [2.24, 2.45) is 11.7 Å². The van der Waals surface area contributed by atoms with Gasteiger partial charge in [0.05, 0.1) is 0 Å². The molecule has 3 rings (SSSR count). The van der Waals surface area contributed by atoms with E-state index in [1.54, 1.807) is 4.57 Å². The highest BCUT2D eigenvalue weighted by Crippen LogP contribution is 2.26. The second-order valence-electron chi connectivity index (χ2n) is 8.43. The quantitative estimate of drug-likeness (QED) is 0.859. The Morgan fingerprint density at radius 1 is 1.15 bits per heavy atom. The lowest BCUT2D eigenvalue weighted by Gasteiger charge is -2.24. The van der Waals surface area contributed by atoms with Crippen molar-refractivity contribution in [1.82, 2.24) is 9.88 Å². The minimum atomic E-state index is -0.519. The van der Waals surface area contributed by atoms with Crippen LogP contribution in [0.25, 0.3) is 10.8 Å². The Morgan fingerprint density at radius 2 is 1.81 bits per heavy atom. The number of carbonyl (C=O) groups excluding carboxylic acids is 2. The van der Waals surface area contributed by atoms with E-state index in [0.29, 0.717) is 6.54 Å². The average molecular weight is 371 g/mol. The number of nitrogens with two attached hydrogens (primary N) is 1. The SMILES string of the molecule is CC(C)(C)OC(=O)NCc1ccc2cn(C(=O)C3CCC(N)CC3)cc2c1. The van der Waals surface area contributed by atoms with Crippen LogP contribution in [0, 0.1) is 5.92 Å². The van der Waals surface area contributed by atoms with Crippen LogP contribution in [0.4, 0.5) is 4.79 Å². The Balaban J connectivity index is 1.66. The first-order valence-electron chi connectivity index (χ1n) is 9.58. The molecule has 146 valence electrons. The van der Waals surface area contributed by atoms with Crippen LogP contribution in [-0.2, 0) is 11.3 Å². The third-order valence-electron chi connectivity index (χ3n) is 4.92. The van der Waals surface area contributed by atoms with E-state index < -0.39 is 11.7 Å². The van der Waals surface area contributed by atoms with E-state index >= 15 is 0 Å². The van der Waals surface area contributed by atoms with Gasteiger partial charge in [0.15, 0.2) is 0 Å². The zero-order chi connectivity index (χ0) is 19.6. The van der Waals surface area contributed by atoms with Crippen molar-refractivity contribution in [2.75, 3.05) is 0 Å². The van der Waals surface area contributed by atoms with Gasteiger partial charge in [-0.3, -0.25) is 9.36 Å². The van der Waals surface area contributed by atoms with E-state index in [-0.39, 0.29) is 17.9 Å². The molecule has 6 heteroatoms. The summed E-state index contributed by atoms with van der Waals surface area (Å²) in [7, 11) is 0. The van der Waals surface area contributed by atoms with Crippen molar-refractivity contribution in [2.45, 2.75) is 64.6 Å².